The number of nitrogens with one attached hydrogen (secondary N) is 1. The number of hydrogen-bond acceptors (Lipinski definition) is 4. The largest absolute Gasteiger partial charge is 0.504 e. The number of methoxy groups -OCH3 is 1. The van der Waals surface area contributed by atoms with Gasteiger partial charge in [0.15, 0.2) is 11.5 Å². The van der Waals surface area contributed by atoms with Crippen LogP contribution in [0.1, 0.15) is 23.6 Å². The van der Waals surface area contributed by atoms with E-state index in [4.69, 9.17) is 4.74 Å². The average Bonchev–Trinajstić information content (AvgIpc) is 2.69. The number of aromatic hydroxyl groups is 1. The number of halogens is 2. The van der Waals surface area contributed by atoms with Crippen LogP contribution in [0.2, 0.25) is 0 Å². The van der Waals surface area contributed by atoms with Crippen molar-refractivity contribution in [3.8, 4) is 11.5 Å². The van der Waals surface area contributed by atoms with Crippen LogP contribution < -0.4 is 10.1 Å². The summed E-state index contributed by atoms with van der Waals surface area (Å²) >= 11 is 0. The summed E-state index contributed by atoms with van der Waals surface area (Å²) in [4.78, 5) is 12.5. The first-order valence-corrected chi connectivity index (χ1v) is 8.81. The predicted molar refractivity (Wildman–Crippen MR) is 102 cm³/mol. The van der Waals surface area contributed by atoms with Crippen molar-refractivity contribution in [2.45, 2.75) is 26.4 Å². The van der Waals surface area contributed by atoms with Crippen molar-refractivity contribution in [1.29, 1.82) is 0 Å². The van der Waals surface area contributed by atoms with Gasteiger partial charge < -0.3 is 19.9 Å². The number of phenols is 1. The summed E-state index contributed by atoms with van der Waals surface area (Å²) in [5, 5.41) is 12.3. The molecule has 0 atom stereocenters. The van der Waals surface area contributed by atoms with Crippen molar-refractivity contribution < 1.29 is 28.2 Å². The minimum absolute atomic E-state index is 0.0197. The lowest BCUT2D eigenvalue weighted by molar-refractivity contribution is -0.116. The zero-order valence-electron chi connectivity index (χ0n) is 15.7. The summed E-state index contributed by atoms with van der Waals surface area (Å²) in [6, 6.07) is 12.0. The van der Waals surface area contributed by atoms with Crippen LogP contribution in [-0.2, 0) is 22.4 Å². The molecule has 1 amide bonds. The fourth-order valence-corrected chi connectivity index (χ4v) is 2.59. The molecule has 0 aliphatic heterocycles. The molecule has 7 heteroatoms. The predicted octanol–water partition coefficient (Wildman–Crippen LogP) is 3.90. The fraction of sp³-hybridized carbons (Fsp3) is 0.286. The Hall–Kier alpha value is -3.09. The third kappa shape index (κ3) is 5.97. The van der Waals surface area contributed by atoms with Gasteiger partial charge in [-0.05, 0) is 41.7 Å². The number of alkyl halides is 2. The molecular formula is C21H23F2NO4. The summed E-state index contributed by atoms with van der Waals surface area (Å²) < 4.78 is 34.2. The molecule has 0 unspecified atom stereocenters. The zero-order valence-corrected chi connectivity index (χ0v) is 15.7. The van der Waals surface area contributed by atoms with E-state index in [-0.39, 0.29) is 17.9 Å². The Balaban J connectivity index is 2.06. The molecule has 2 N–H and O–H groups in total. The Morgan fingerprint density at radius 3 is 2.46 bits per heavy atom. The fourth-order valence-electron chi connectivity index (χ4n) is 2.59. The molecule has 28 heavy (non-hydrogen) atoms. The van der Waals surface area contributed by atoms with Crippen LogP contribution in [0, 0.1) is 0 Å². The molecule has 2 aromatic carbocycles. The second-order valence-corrected chi connectivity index (χ2v) is 5.99. The lowest BCUT2D eigenvalue weighted by Gasteiger charge is -2.11. The maximum atomic E-state index is 12.5. The maximum absolute atomic E-state index is 12.5. The van der Waals surface area contributed by atoms with Crippen molar-refractivity contribution in [1.82, 2.24) is 5.32 Å². The van der Waals surface area contributed by atoms with Crippen molar-refractivity contribution in [2.75, 3.05) is 13.7 Å². The number of benzene rings is 2. The Morgan fingerprint density at radius 2 is 1.86 bits per heavy atom. The van der Waals surface area contributed by atoms with E-state index >= 15 is 0 Å². The van der Waals surface area contributed by atoms with Crippen LogP contribution in [0.3, 0.4) is 0 Å². The number of carbonyl (C=O) groups excluding carboxylic acids is 1. The number of aryl methyl sites for hydroxylation is 1. The lowest BCUT2D eigenvalue weighted by atomic mass is 10.0. The summed E-state index contributed by atoms with van der Waals surface area (Å²) in [6.45, 7) is -0.745. The van der Waals surface area contributed by atoms with Gasteiger partial charge in [-0.3, -0.25) is 4.79 Å². The van der Waals surface area contributed by atoms with Crippen LogP contribution >= 0.6 is 0 Å². The third-order valence-corrected chi connectivity index (χ3v) is 4.15. The minimum atomic E-state index is -3.01. The summed E-state index contributed by atoms with van der Waals surface area (Å²) in [5.74, 6) is -0.151. The first-order chi connectivity index (χ1) is 13.4. The average molecular weight is 391 g/mol. The number of hydrogen-bond donors (Lipinski definition) is 2. The molecule has 0 bridgehead atoms. The SMILES string of the molecule is CCc1ccc(C(=COC(F)F)C(=O)NCCc2ccc(O)c(OC)c2)cc1. The Kier molecular flexibility index (Phi) is 7.80. The van der Waals surface area contributed by atoms with Gasteiger partial charge in [0.1, 0.15) is 6.26 Å². The molecule has 0 aliphatic carbocycles. The van der Waals surface area contributed by atoms with Crippen LogP contribution in [-0.4, -0.2) is 31.3 Å². The van der Waals surface area contributed by atoms with E-state index in [1.807, 2.05) is 19.1 Å². The van der Waals surface area contributed by atoms with Crippen LogP contribution in [0.5, 0.6) is 11.5 Å². The summed E-state index contributed by atoms with van der Waals surface area (Å²) in [5.41, 5.74) is 2.42. The highest BCUT2D eigenvalue weighted by atomic mass is 19.3. The molecule has 0 heterocycles. The summed E-state index contributed by atoms with van der Waals surface area (Å²) in [6.07, 6.45) is 2.08. The minimum Gasteiger partial charge on any atom is -0.504 e. The normalized spacial score (nSPS) is 11.4. The van der Waals surface area contributed by atoms with E-state index in [9.17, 15) is 18.7 Å². The number of carbonyl (C=O) groups is 1. The van der Waals surface area contributed by atoms with E-state index in [2.05, 4.69) is 10.1 Å². The van der Waals surface area contributed by atoms with Crippen LogP contribution in [0.15, 0.2) is 48.7 Å². The Labute approximate surface area is 162 Å². The van der Waals surface area contributed by atoms with E-state index in [1.54, 1.807) is 24.3 Å². The second kappa shape index (κ2) is 10.3. The first kappa shape index (κ1) is 21.2. The molecule has 150 valence electrons. The van der Waals surface area contributed by atoms with Gasteiger partial charge in [-0.25, -0.2) is 0 Å². The van der Waals surface area contributed by atoms with Crippen molar-refractivity contribution in [2.24, 2.45) is 0 Å². The topological polar surface area (TPSA) is 67.8 Å². The molecule has 0 aliphatic rings. The molecule has 0 saturated carbocycles. The van der Waals surface area contributed by atoms with Gasteiger partial charge in [0, 0.05) is 6.54 Å². The number of rotatable bonds is 9. The van der Waals surface area contributed by atoms with Gasteiger partial charge >= 0.3 is 6.61 Å². The van der Waals surface area contributed by atoms with E-state index in [0.717, 1.165) is 23.8 Å². The Bertz CT molecular complexity index is 820. The van der Waals surface area contributed by atoms with Gasteiger partial charge in [0.05, 0.1) is 12.7 Å². The van der Waals surface area contributed by atoms with Gasteiger partial charge in [-0.15, -0.1) is 0 Å². The lowest BCUT2D eigenvalue weighted by Crippen LogP contribution is -2.27. The quantitative estimate of drug-likeness (QED) is 0.503. The van der Waals surface area contributed by atoms with E-state index in [1.165, 1.54) is 13.2 Å². The molecule has 2 rings (SSSR count). The van der Waals surface area contributed by atoms with Crippen LogP contribution in [0.25, 0.3) is 5.57 Å². The van der Waals surface area contributed by atoms with Crippen LogP contribution in [0.4, 0.5) is 8.78 Å². The molecular weight excluding hydrogens is 368 g/mol. The highest BCUT2D eigenvalue weighted by Gasteiger charge is 2.14. The van der Waals surface area contributed by atoms with E-state index in [0.29, 0.717) is 17.7 Å². The maximum Gasteiger partial charge on any atom is 0.386 e. The molecule has 0 fully saturated rings. The monoisotopic (exact) mass is 391 g/mol. The van der Waals surface area contributed by atoms with Gasteiger partial charge in [0.25, 0.3) is 5.91 Å². The second-order valence-electron chi connectivity index (χ2n) is 5.99. The smallest absolute Gasteiger partial charge is 0.386 e. The molecule has 0 aromatic heterocycles. The standard InChI is InChI=1S/C21H23F2NO4/c1-3-14-4-7-16(8-5-14)17(13-28-21(22)23)20(26)24-11-10-15-6-9-18(25)19(12-15)27-2/h4-9,12-13,21,25H,3,10-11H2,1-2H3,(H,24,26). The number of phenolic OH excluding ortho intramolecular Hbond substituents is 1. The van der Waals surface area contributed by atoms with Gasteiger partial charge in [-0.1, -0.05) is 37.3 Å². The highest BCUT2D eigenvalue weighted by Crippen LogP contribution is 2.26. The van der Waals surface area contributed by atoms with Gasteiger partial charge in [0.2, 0.25) is 0 Å². The number of amides is 1. The number of ether oxygens (including phenoxy) is 2. The molecule has 0 saturated heterocycles. The highest BCUT2D eigenvalue weighted by molar-refractivity contribution is 6.19. The molecule has 5 nitrogen and oxygen atoms in total. The van der Waals surface area contributed by atoms with Crippen molar-refractivity contribution >= 4 is 11.5 Å². The molecule has 0 radical (unpaired) electrons. The van der Waals surface area contributed by atoms with Gasteiger partial charge in [-0.2, -0.15) is 8.78 Å². The molecule has 0 spiro atoms. The first-order valence-electron chi connectivity index (χ1n) is 8.81. The summed E-state index contributed by atoms with van der Waals surface area (Å²) in [7, 11) is 1.45. The van der Waals surface area contributed by atoms with Crippen molar-refractivity contribution in [3.63, 3.8) is 0 Å². The molecule has 2 aromatic rings. The third-order valence-electron chi connectivity index (χ3n) is 4.15. The zero-order chi connectivity index (χ0) is 20.5. The van der Waals surface area contributed by atoms with Crippen molar-refractivity contribution in [3.05, 3.63) is 65.4 Å². The Morgan fingerprint density at radius 1 is 1.18 bits per heavy atom. The van der Waals surface area contributed by atoms with E-state index < -0.39 is 12.5 Å².